The van der Waals surface area contributed by atoms with Crippen LogP contribution in [-0.2, 0) is 16.4 Å². The fraction of sp³-hybridized carbons (Fsp3) is 0.545. The molecule has 1 saturated heterocycles. The minimum absolute atomic E-state index is 0.0161. The number of aromatic nitrogens is 1. The van der Waals surface area contributed by atoms with E-state index in [2.05, 4.69) is 10.3 Å². The lowest BCUT2D eigenvalue weighted by Crippen LogP contribution is -2.38. The Balaban J connectivity index is 1.91. The molecule has 2 rings (SSSR count). The molecule has 1 aliphatic rings. The minimum atomic E-state index is -3.11. The Bertz CT molecular complexity index is 500. The van der Waals surface area contributed by atoms with Crippen molar-refractivity contribution in [3.8, 4) is 5.88 Å². The van der Waals surface area contributed by atoms with Crippen molar-refractivity contribution >= 4 is 9.84 Å². The Morgan fingerprint density at radius 1 is 1.50 bits per heavy atom. The summed E-state index contributed by atoms with van der Waals surface area (Å²) in [5.74, 6) is 0.353. The molecule has 0 bridgehead atoms. The van der Waals surface area contributed by atoms with Crippen LogP contribution in [0.15, 0.2) is 18.3 Å². The highest BCUT2D eigenvalue weighted by Crippen LogP contribution is 2.13. The number of sulfone groups is 1. The first kappa shape index (κ1) is 13.3. The summed E-state index contributed by atoms with van der Waals surface area (Å²) in [6.07, 6.45) is 0.822. The van der Waals surface area contributed by atoms with Crippen LogP contribution in [0.1, 0.15) is 5.56 Å². The van der Waals surface area contributed by atoms with Crippen molar-refractivity contribution in [1.82, 2.24) is 10.3 Å². The van der Waals surface area contributed by atoms with Crippen molar-refractivity contribution in [1.29, 1.82) is 0 Å². The van der Waals surface area contributed by atoms with Gasteiger partial charge in [0.1, 0.15) is 0 Å². The van der Waals surface area contributed by atoms with E-state index in [0.717, 1.165) is 5.56 Å². The average molecular weight is 272 g/mol. The summed E-state index contributed by atoms with van der Waals surface area (Å²) in [6.45, 7) is 0.467. The molecular weight excluding hydrogens is 256 g/mol. The van der Waals surface area contributed by atoms with E-state index in [4.69, 9.17) is 4.74 Å². The van der Waals surface area contributed by atoms with Crippen LogP contribution in [0.2, 0.25) is 0 Å². The third-order valence-electron chi connectivity index (χ3n) is 2.90. The largest absolute Gasteiger partial charge is 0.481 e. The lowest BCUT2D eigenvalue weighted by molar-refractivity contribution is 0.165. The second-order valence-electron chi connectivity index (χ2n) is 4.34. The molecule has 2 atom stereocenters. The summed E-state index contributed by atoms with van der Waals surface area (Å²) in [6, 6.07) is 3.17. The minimum Gasteiger partial charge on any atom is -0.481 e. The first-order valence-corrected chi connectivity index (χ1v) is 7.43. The molecule has 1 fully saturated rings. The van der Waals surface area contributed by atoms with E-state index in [9.17, 15) is 13.5 Å². The molecule has 0 amide bonds. The van der Waals surface area contributed by atoms with Crippen LogP contribution < -0.4 is 10.1 Å². The van der Waals surface area contributed by atoms with Gasteiger partial charge in [0.2, 0.25) is 5.88 Å². The second-order valence-corrected chi connectivity index (χ2v) is 6.49. The van der Waals surface area contributed by atoms with Gasteiger partial charge in [-0.05, 0) is 5.56 Å². The van der Waals surface area contributed by atoms with Crippen LogP contribution >= 0.6 is 0 Å². The van der Waals surface area contributed by atoms with Gasteiger partial charge in [0, 0.05) is 24.8 Å². The normalized spacial score (nSPS) is 26.1. The van der Waals surface area contributed by atoms with E-state index in [1.165, 1.54) is 0 Å². The maximum absolute atomic E-state index is 11.3. The van der Waals surface area contributed by atoms with Crippen LogP contribution in [0.25, 0.3) is 0 Å². The fourth-order valence-electron chi connectivity index (χ4n) is 1.91. The third-order valence-corrected chi connectivity index (χ3v) is 4.61. The highest BCUT2D eigenvalue weighted by Gasteiger charge is 2.35. The molecule has 0 saturated carbocycles. The van der Waals surface area contributed by atoms with Gasteiger partial charge in [-0.25, -0.2) is 13.4 Å². The average Bonchev–Trinajstić information content (AvgIpc) is 2.60. The number of rotatable bonds is 4. The van der Waals surface area contributed by atoms with Gasteiger partial charge < -0.3 is 15.2 Å². The molecule has 7 heteroatoms. The van der Waals surface area contributed by atoms with Crippen LogP contribution in [0.3, 0.4) is 0 Å². The van der Waals surface area contributed by atoms with Gasteiger partial charge in [0.25, 0.3) is 0 Å². The summed E-state index contributed by atoms with van der Waals surface area (Å²) >= 11 is 0. The monoisotopic (exact) mass is 272 g/mol. The number of aliphatic hydroxyl groups is 1. The number of hydrogen-bond acceptors (Lipinski definition) is 6. The molecular formula is C11H16N2O4S. The van der Waals surface area contributed by atoms with Gasteiger partial charge in [0.05, 0.1) is 24.7 Å². The molecule has 0 aliphatic carbocycles. The lowest BCUT2D eigenvalue weighted by atomic mass is 10.2. The Hall–Kier alpha value is -1.18. The first-order valence-electron chi connectivity index (χ1n) is 5.61. The van der Waals surface area contributed by atoms with Crippen molar-refractivity contribution in [2.24, 2.45) is 0 Å². The van der Waals surface area contributed by atoms with E-state index in [0.29, 0.717) is 12.4 Å². The quantitative estimate of drug-likeness (QED) is 0.756. The number of pyridine rings is 1. The van der Waals surface area contributed by atoms with Gasteiger partial charge in [-0.3, -0.25) is 0 Å². The number of ether oxygens (including phenoxy) is 1. The second kappa shape index (κ2) is 5.21. The van der Waals surface area contributed by atoms with Crippen LogP contribution in [0, 0.1) is 0 Å². The molecule has 1 aromatic rings. The van der Waals surface area contributed by atoms with E-state index < -0.39 is 22.0 Å². The Morgan fingerprint density at radius 2 is 2.28 bits per heavy atom. The van der Waals surface area contributed by atoms with Crippen LogP contribution in [0.5, 0.6) is 5.88 Å². The maximum atomic E-state index is 11.3. The number of nitrogens with one attached hydrogen (secondary N) is 1. The zero-order valence-corrected chi connectivity index (χ0v) is 10.9. The van der Waals surface area contributed by atoms with E-state index >= 15 is 0 Å². The summed E-state index contributed by atoms with van der Waals surface area (Å²) in [5, 5.41) is 12.6. The Labute approximate surface area is 106 Å². The van der Waals surface area contributed by atoms with E-state index in [1.54, 1.807) is 19.4 Å². The molecule has 6 nitrogen and oxygen atoms in total. The maximum Gasteiger partial charge on any atom is 0.212 e. The van der Waals surface area contributed by atoms with Crippen molar-refractivity contribution < 1.29 is 18.3 Å². The summed E-state index contributed by atoms with van der Waals surface area (Å²) in [5.41, 5.74) is 0.910. The van der Waals surface area contributed by atoms with Crippen molar-refractivity contribution in [2.75, 3.05) is 18.6 Å². The molecule has 2 heterocycles. The molecule has 1 aromatic heterocycles. The topological polar surface area (TPSA) is 88.5 Å². The number of hydrogen-bond donors (Lipinski definition) is 2. The zero-order chi connectivity index (χ0) is 13.2. The van der Waals surface area contributed by atoms with Crippen LogP contribution in [-0.4, -0.2) is 49.3 Å². The summed E-state index contributed by atoms with van der Waals surface area (Å²) in [7, 11) is -1.57. The summed E-state index contributed by atoms with van der Waals surface area (Å²) < 4.78 is 27.6. The van der Waals surface area contributed by atoms with Crippen molar-refractivity contribution in [3.05, 3.63) is 23.9 Å². The first-order chi connectivity index (χ1) is 8.50. The highest BCUT2D eigenvalue weighted by atomic mass is 32.2. The van der Waals surface area contributed by atoms with Gasteiger partial charge in [-0.15, -0.1) is 0 Å². The van der Waals surface area contributed by atoms with Gasteiger partial charge in [-0.1, -0.05) is 6.07 Å². The number of methoxy groups -OCH3 is 1. The smallest absolute Gasteiger partial charge is 0.212 e. The molecule has 0 spiro atoms. The van der Waals surface area contributed by atoms with Crippen LogP contribution in [0.4, 0.5) is 0 Å². The molecule has 18 heavy (non-hydrogen) atoms. The van der Waals surface area contributed by atoms with Crippen molar-refractivity contribution in [3.63, 3.8) is 0 Å². The number of nitrogens with zero attached hydrogens (tertiary/aromatic N) is 1. The van der Waals surface area contributed by atoms with E-state index in [1.807, 2.05) is 6.07 Å². The molecule has 100 valence electrons. The Morgan fingerprint density at radius 3 is 2.78 bits per heavy atom. The third kappa shape index (κ3) is 3.18. The standard InChI is InChI=1S/C11H16N2O4S/c1-17-11-3-2-8(5-13-11)4-12-9-6-18(15,16)7-10(9)14/h2-3,5,9-10,12,14H,4,6-7H2,1H3. The molecule has 2 unspecified atom stereocenters. The summed E-state index contributed by atoms with van der Waals surface area (Å²) in [4.78, 5) is 4.05. The van der Waals surface area contributed by atoms with Gasteiger partial charge in [0.15, 0.2) is 9.84 Å². The van der Waals surface area contributed by atoms with Gasteiger partial charge in [-0.2, -0.15) is 0 Å². The molecule has 1 aliphatic heterocycles. The van der Waals surface area contributed by atoms with E-state index in [-0.39, 0.29) is 11.5 Å². The highest BCUT2D eigenvalue weighted by molar-refractivity contribution is 7.91. The van der Waals surface area contributed by atoms with Crippen molar-refractivity contribution in [2.45, 2.75) is 18.7 Å². The predicted octanol–water partition coefficient (Wildman–Crippen LogP) is -0.662. The predicted molar refractivity (Wildman–Crippen MR) is 66.1 cm³/mol. The molecule has 0 aromatic carbocycles. The zero-order valence-electron chi connectivity index (χ0n) is 10.0. The lowest BCUT2D eigenvalue weighted by Gasteiger charge is -2.14. The molecule has 0 radical (unpaired) electrons. The SMILES string of the molecule is COc1ccc(CNC2CS(=O)(=O)CC2O)cn1. The number of aliphatic hydroxyl groups excluding tert-OH is 1. The Kier molecular flexibility index (Phi) is 3.84. The molecule has 2 N–H and O–H groups in total. The van der Waals surface area contributed by atoms with Gasteiger partial charge >= 0.3 is 0 Å². The fourth-order valence-corrected chi connectivity index (χ4v) is 3.69.